The number of carbonyl (C=O) groups is 1. The summed E-state index contributed by atoms with van der Waals surface area (Å²) in [5.41, 5.74) is 3.36. The van der Waals surface area contributed by atoms with Crippen LogP contribution in [0.5, 0.6) is 0 Å². The summed E-state index contributed by atoms with van der Waals surface area (Å²) in [6, 6.07) is 5.29. The summed E-state index contributed by atoms with van der Waals surface area (Å²) in [6.07, 6.45) is 1.83. The molecule has 1 aliphatic rings. The predicted octanol–water partition coefficient (Wildman–Crippen LogP) is 5.19. The van der Waals surface area contributed by atoms with Crippen LogP contribution in [0.15, 0.2) is 24.4 Å². The number of hydrogen-bond donors (Lipinski definition) is 4. The van der Waals surface area contributed by atoms with Gasteiger partial charge in [-0.15, -0.1) is 0 Å². The molecule has 4 rings (SSSR count). The van der Waals surface area contributed by atoms with Crippen molar-refractivity contribution in [3.05, 3.63) is 52.3 Å². The molecule has 9 heteroatoms. The van der Waals surface area contributed by atoms with Gasteiger partial charge in [0.1, 0.15) is 5.82 Å². The van der Waals surface area contributed by atoms with E-state index >= 15 is 0 Å². The van der Waals surface area contributed by atoms with Crippen molar-refractivity contribution in [2.45, 2.75) is 51.4 Å². The SMILES string of the molecule is CNCC(C)(C=N)c1cc2c(cc1C(F)F)N(c1cc3c(C(=O)NC)c[nH]c3c(C(C)C)n1)CCC2. The maximum absolute atomic E-state index is 14.4. The van der Waals surface area contributed by atoms with Gasteiger partial charge in [0, 0.05) is 54.6 Å². The number of aromatic amines is 1. The minimum Gasteiger partial charge on any atom is -0.359 e. The highest BCUT2D eigenvalue weighted by molar-refractivity contribution is 6.07. The maximum atomic E-state index is 14.4. The molecule has 36 heavy (non-hydrogen) atoms. The molecule has 0 bridgehead atoms. The first-order chi connectivity index (χ1) is 17.1. The highest BCUT2D eigenvalue weighted by Gasteiger charge is 2.33. The molecule has 0 spiro atoms. The molecule has 7 nitrogen and oxygen atoms in total. The first kappa shape index (κ1) is 25.8. The number of hydrogen-bond acceptors (Lipinski definition) is 5. The fourth-order valence-electron chi connectivity index (χ4n) is 5.17. The van der Waals surface area contributed by atoms with Gasteiger partial charge >= 0.3 is 0 Å². The van der Waals surface area contributed by atoms with Crippen molar-refractivity contribution in [2.24, 2.45) is 0 Å². The monoisotopic (exact) mass is 496 g/mol. The third-order valence-corrected chi connectivity index (χ3v) is 7.06. The fourth-order valence-corrected chi connectivity index (χ4v) is 5.17. The summed E-state index contributed by atoms with van der Waals surface area (Å²) in [7, 11) is 3.35. The Hall–Kier alpha value is -3.33. The van der Waals surface area contributed by atoms with Crippen LogP contribution in [0.25, 0.3) is 10.9 Å². The number of alkyl halides is 2. The van der Waals surface area contributed by atoms with E-state index in [2.05, 4.69) is 15.6 Å². The Morgan fingerprint density at radius 1 is 1.31 bits per heavy atom. The number of halogens is 2. The lowest BCUT2D eigenvalue weighted by atomic mass is 9.78. The summed E-state index contributed by atoms with van der Waals surface area (Å²) in [5.74, 6) is 0.517. The molecule has 192 valence electrons. The molecule has 3 heterocycles. The minimum atomic E-state index is -2.68. The second-order valence-corrected chi connectivity index (χ2v) is 9.94. The lowest BCUT2D eigenvalue weighted by molar-refractivity contribution is 0.0964. The van der Waals surface area contributed by atoms with Crippen LogP contribution in [0, 0.1) is 5.41 Å². The van der Waals surface area contributed by atoms with E-state index in [1.54, 1.807) is 33.3 Å². The Morgan fingerprint density at radius 2 is 2.06 bits per heavy atom. The van der Waals surface area contributed by atoms with Gasteiger partial charge in [-0.2, -0.15) is 0 Å². The Balaban J connectivity index is 1.92. The number of amides is 1. The number of likely N-dealkylation sites (N-methyl/N-ethyl adjacent to an activating group) is 1. The fraction of sp³-hybridized carbons (Fsp3) is 0.444. The van der Waals surface area contributed by atoms with Gasteiger partial charge in [0.25, 0.3) is 12.3 Å². The van der Waals surface area contributed by atoms with E-state index < -0.39 is 11.8 Å². The smallest absolute Gasteiger partial charge is 0.264 e. The lowest BCUT2D eigenvalue weighted by Crippen LogP contribution is -2.37. The Morgan fingerprint density at radius 3 is 2.67 bits per heavy atom. The summed E-state index contributed by atoms with van der Waals surface area (Å²) < 4.78 is 28.7. The van der Waals surface area contributed by atoms with Crippen molar-refractivity contribution in [1.82, 2.24) is 20.6 Å². The maximum Gasteiger partial charge on any atom is 0.264 e. The van der Waals surface area contributed by atoms with Crippen molar-refractivity contribution in [3.8, 4) is 0 Å². The van der Waals surface area contributed by atoms with Gasteiger partial charge in [-0.25, -0.2) is 13.8 Å². The molecule has 0 fully saturated rings. The number of benzene rings is 1. The van der Waals surface area contributed by atoms with Gasteiger partial charge in [-0.1, -0.05) is 19.9 Å². The van der Waals surface area contributed by atoms with Crippen LogP contribution in [0.3, 0.4) is 0 Å². The normalized spacial score (nSPS) is 15.3. The molecular formula is C27H34F2N6O. The number of nitrogens with zero attached hydrogens (tertiary/aromatic N) is 2. The van der Waals surface area contributed by atoms with Gasteiger partial charge in [0.05, 0.1) is 16.8 Å². The van der Waals surface area contributed by atoms with E-state index in [9.17, 15) is 13.6 Å². The van der Waals surface area contributed by atoms with Gasteiger partial charge < -0.3 is 25.9 Å². The molecule has 0 radical (unpaired) electrons. The molecule has 3 aromatic rings. The molecule has 1 amide bonds. The summed E-state index contributed by atoms with van der Waals surface area (Å²) in [4.78, 5) is 22.6. The van der Waals surface area contributed by atoms with Gasteiger partial charge in [0.15, 0.2) is 0 Å². The quantitative estimate of drug-likeness (QED) is 0.323. The number of nitrogens with one attached hydrogen (secondary N) is 4. The first-order valence-electron chi connectivity index (χ1n) is 12.3. The van der Waals surface area contributed by atoms with Crippen molar-refractivity contribution >= 4 is 34.5 Å². The van der Waals surface area contributed by atoms with Crippen LogP contribution in [0.1, 0.15) is 72.3 Å². The molecule has 0 saturated carbocycles. The molecule has 1 aromatic carbocycles. The van der Waals surface area contributed by atoms with Gasteiger partial charge in [0.2, 0.25) is 0 Å². The van der Waals surface area contributed by atoms with Crippen molar-refractivity contribution in [1.29, 1.82) is 5.41 Å². The number of aromatic nitrogens is 2. The highest BCUT2D eigenvalue weighted by Crippen LogP contribution is 2.42. The zero-order valence-electron chi connectivity index (χ0n) is 21.4. The standard InChI is InChI=1S/C27H34F2N6O/c1-15(2)23-24-17(19(12-33-24)26(36)32-5)11-22(34-23)35-8-6-7-16-9-20(27(3,13-30)14-31-4)18(25(28)29)10-21(16)35/h9-13,15,25,30-31,33H,6-8,14H2,1-5H3,(H,32,36). The topological polar surface area (TPSA) is 96.9 Å². The van der Waals surface area contributed by atoms with Crippen molar-refractivity contribution in [2.75, 3.05) is 32.1 Å². The van der Waals surface area contributed by atoms with Crippen LogP contribution < -0.4 is 15.5 Å². The predicted molar refractivity (Wildman–Crippen MR) is 140 cm³/mol. The second-order valence-electron chi connectivity index (χ2n) is 9.94. The van der Waals surface area contributed by atoms with E-state index in [0.717, 1.165) is 35.0 Å². The highest BCUT2D eigenvalue weighted by atomic mass is 19.3. The summed E-state index contributed by atoms with van der Waals surface area (Å²) in [5, 5.41) is 14.5. The molecule has 2 aromatic heterocycles. The van der Waals surface area contributed by atoms with Crippen LogP contribution in [-0.4, -0.2) is 49.3 Å². The zero-order chi connectivity index (χ0) is 26.2. The molecule has 1 aliphatic heterocycles. The zero-order valence-corrected chi connectivity index (χ0v) is 21.4. The second kappa shape index (κ2) is 9.97. The Labute approximate surface area is 210 Å². The molecule has 1 atom stereocenters. The lowest BCUT2D eigenvalue weighted by Gasteiger charge is -2.35. The first-order valence-corrected chi connectivity index (χ1v) is 12.3. The molecule has 4 N–H and O–H groups in total. The van der Waals surface area contributed by atoms with Crippen LogP contribution in [-0.2, 0) is 11.8 Å². The van der Waals surface area contributed by atoms with Crippen molar-refractivity contribution < 1.29 is 13.6 Å². The third kappa shape index (κ3) is 4.36. The number of fused-ring (bicyclic) bond motifs is 2. The van der Waals surface area contributed by atoms with Crippen molar-refractivity contribution in [3.63, 3.8) is 0 Å². The third-order valence-electron chi connectivity index (χ3n) is 7.06. The van der Waals surface area contributed by atoms with E-state index in [-0.39, 0.29) is 17.4 Å². The molecule has 0 saturated heterocycles. The largest absolute Gasteiger partial charge is 0.359 e. The van der Waals surface area contributed by atoms with E-state index in [4.69, 9.17) is 10.4 Å². The van der Waals surface area contributed by atoms with Gasteiger partial charge in [-0.05, 0) is 56.0 Å². The Bertz CT molecular complexity index is 1300. The van der Waals surface area contributed by atoms with E-state index in [0.29, 0.717) is 35.7 Å². The molecule has 1 unspecified atom stereocenters. The molecule has 0 aliphatic carbocycles. The summed E-state index contributed by atoms with van der Waals surface area (Å²) >= 11 is 0. The van der Waals surface area contributed by atoms with Crippen LogP contribution >= 0.6 is 0 Å². The van der Waals surface area contributed by atoms with Crippen LogP contribution in [0.4, 0.5) is 20.3 Å². The average Bonchev–Trinajstić information content (AvgIpc) is 3.30. The van der Waals surface area contributed by atoms with Crippen LogP contribution in [0.2, 0.25) is 0 Å². The number of H-pyrrole nitrogens is 1. The Kier molecular flexibility index (Phi) is 7.13. The number of rotatable bonds is 8. The minimum absolute atomic E-state index is 0.0697. The average molecular weight is 497 g/mol. The van der Waals surface area contributed by atoms with Gasteiger partial charge in [-0.3, -0.25) is 4.79 Å². The molecular weight excluding hydrogens is 462 g/mol. The number of anilines is 2. The van der Waals surface area contributed by atoms with E-state index in [1.165, 1.54) is 6.21 Å². The number of pyridine rings is 1. The summed E-state index contributed by atoms with van der Waals surface area (Å²) in [6.45, 7) is 6.89. The number of carbonyl (C=O) groups excluding carboxylic acids is 1. The number of aryl methyl sites for hydroxylation is 1. The van der Waals surface area contributed by atoms with E-state index in [1.807, 2.05) is 30.9 Å².